The summed E-state index contributed by atoms with van der Waals surface area (Å²) in [4.78, 5) is 29.2. The second-order valence-corrected chi connectivity index (χ2v) is 7.48. The summed E-state index contributed by atoms with van der Waals surface area (Å²) in [5.41, 5.74) is 2.94. The van der Waals surface area contributed by atoms with Gasteiger partial charge < -0.3 is 9.80 Å². The fraction of sp³-hybridized carbons (Fsp3) is 0.364. The van der Waals surface area contributed by atoms with E-state index in [2.05, 4.69) is 0 Å². The molecule has 2 heterocycles. The Morgan fingerprint density at radius 1 is 1.07 bits per heavy atom. The number of halogens is 1. The van der Waals surface area contributed by atoms with Gasteiger partial charge in [0, 0.05) is 25.2 Å². The lowest BCUT2D eigenvalue weighted by molar-refractivity contribution is -0.136. The summed E-state index contributed by atoms with van der Waals surface area (Å²) in [6.07, 6.45) is 2.05. The summed E-state index contributed by atoms with van der Waals surface area (Å²) in [5, 5.41) is 0. The molecule has 0 radical (unpaired) electrons. The van der Waals surface area contributed by atoms with E-state index in [0.717, 1.165) is 29.7 Å². The summed E-state index contributed by atoms with van der Waals surface area (Å²) in [5.74, 6) is -0.566. The Bertz CT molecular complexity index is 848. The SMILES string of the molecule is Cc1ccc(N2CC(C(=O)N3CCCC3c3ccc(F)cc3)CC2=O)cc1. The highest BCUT2D eigenvalue weighted by Crippen LogP contribution is 2.35. The summed E-state index contributed by atoms with van der Waals surface area (Å²) in [6.45, 7) is 3.12. The molecule has 2 aliphatic rings. The first-order valence-corrected chi connectivity index (χ1v) is 9.46. The number of hydrogen-bond acceptors (Lipinski definition) is 2. The molecular formula is C22H23FN2O2. The zero-order valence-electron chi connectivity index (χ0n) is 15.4. The van der Waals surface area contributed by atoms with Crippen molar-refractivity contribution in [3.63, 3.8) is 0 Å². The van der Waals surface area contributed by atoms with Gasteiger partial charge in [-0.25, -0.2) is 4.39 Å². The van der Waals surface area contributed by atoms with E-state index >= 15 is 0 Å². The zero-order chi connectivity index (χ0) is 19.0. The molecule has 2 unspecified atom stereocenters. The van der Waals surface area contributed by atoms with E-state index in [4.69, 9.17) is 0 Å². The van der Waals surface area contributed by atoms with Crippen molar-refractivity contribution in [2.45, 2.75) is 32.2 Å². The minimum Gasteiger partial charge on any atom is -0.335 e. The number of amides is 2. The molecule has 2 amide bonds. The van der Waals surface area contributed by atoms with Gasteiger partial charge in [0.25, 0.3) is 0 Å². The van der Waals surface area contributed by atoms with E-state index in [1.165, 1.54) is 12.1 Å². The highest BCUT2D eigenvalue weighted by atomic mass is 19.1. The van der Waals surface area contributed by atoms with Crippen LogP contribution in [0, 0.1) is 18.7 Å². The maximum absolute atomic E-state index is 13.2. The van der Waals surface area contributed by atoms with E-state index < -0.39 is 0 Å². The number of anilines is 1. The van der Waals surface area contributed by atoms with Gasteiger partial charge in [-0.1, -0.05) is 29.8 Å². The van der Waals surface area contributed by atoms with Crippen LogP contribution in [0.1, 0.15) is 36.4 Å². The molecule has 2 aromatic rings. The lowest BCUT2D eigenvalue weighted by Crippen LogP contribution is -2.37. The van der Waals surface area contributed by atoms with Crippen LogP contribution in [0.4, 0.5) is 10.1 Å². The molecular weight excluding hydrogens is 343 g/mol. The molecule has 0 N–H and O–H groups in total. The van der Waals surface area contributed by atoms with Crippen molar-refractivity contribution in [1.82, 2.24) is 4.90 Å². The molecule has 27 heavy (non-hydrogen) atoms. The highest BCUT2D eigenvalue weighted by Gasteiger charge is 2.40. The first-order valence-electron chi connectivity index (χ1n) is 9.46. The number of hydrogen-bond donors (Lipinski definition) is 0. The van der Waals surface area contributed by atoms with Crippen molar-refractivity contribution in [2.24, 2.45) is 5.92 Å². The van der Waals surface area contributed by atoms with Crippen molar-refractivity contribution in [2.75, 3.05) is 18.0 Å². The molecule has 2 saturated heterocycles. The van der Waals surface area contributed by atoms with Crippen molar-refractivity contribution in [3.05, 3.63) is 65.5 Å². The van der Waals surface area contributed by atoms with Crippen molar-refractivity contribution in [3.8, 4) is 0 Å². The molecule has 2 aromatic carbocycles. The molecule has 4 rings (SSSR count). The van der Waals surface area contributed by atoms with Gasteiger partial charge >= 0.3 is 0 Å². The molecule has 2 aliphatic heterocycles. The van der Waals surface area contributed by atoms with Crippen molar-refractivity contribution in [1.29, 1.82) is 0 Å². The Morgan fingerprint density at radius 2 is 1.78 bits per heavy atom. The quantitative estimate of drug-likeness (QED) is 0.828. The first-order chi connectivity index (χ1) is 13.0. The minimum atomic E-state index is -0.320. The lowest BCUT2D eigenvalue weighted by Gasteiger charge is -2.27. The number of aryl methyl sites for hydroxylation is 1. The van der Waals surface area contributed by atoms with Gasteiger partial charge in [0.15, 0.2) is 0 Å². The molecule has 2 atom stereocenters. The average molecular weight is 366 g/mol. The van der Waals surface area contributed by atoms with E-state index in [0.29, 0.717) is 13.1 Å². The fourth-order valence-electron chi connectivity index (χ4n) is 4.14. The molecule has 0 saturated carbocycles. The molecule has 0 aliphatic carbocycles. The Morgan fingerprint density at radius 3 is 2.48 bits per heavy atom. The van der Waals surface area contributed by atoms with Gasteiger partial charge in [-0.15, -0.1) is 0 Å². The van der Waals surface area contributed by atoms with Gasteiger partial charge in [0.2, 0.25) is 11.8 Å². The van der Waals surface area contributed by atoms with E-state index in [1.54, 1.807) is 17.0 Å². The fourth-order valence-corrected chi connectivity index (χ4v) is 4.14. The smallest absolute Gasteiger partial charge is 0.228 e. The average Bonchev–Trinajstić information content (AvgIpc) is 3.30. The predicted octanol–water partition coefficient (Wildman–Crippen LogP) is 3.85. The van der Waals surface area contributed by atoms with Gasteiger partial charge in [-0.05, 0) is 49.6 Å². The Labute approximate surface area is 158 Å². The highest BCUT2D eigenvalue weighted by molar-refractivity contribution is 6.00. The van der Waals surface area contributed by atoms with Crippen LogP contribution in [0.3, 0.4) is 0 Å². The summed E-state index contributed by atoms with van der Waals surface area (Å²) in [6, 6.07) is 14.2. The van der Waals surface area contributed by atoms with Crippen LogP contribution >= 0.6 is 0 Å². The molecule has 140 valence electrons. The van der Waals surface area contributed by atoms with Crippen LogP contribution in [0.5, 0.6) is 0 Å². The maximum atomic E-state index is 13.2. The first kappa shape index (κ1) is 17.7. The third-order valence-corrected chi connectivity index (χ3v) is 5.61. The summed E-state index contributed by atoms with van der Waals surface area (Å²) < 4.78 is 13.2. The largest absolute Gasteiger partial charge is 0.335 e. The van der Waals surface area contributed by atoms with Crippen LogP contribution in [0.15, 0.2) is 48.5 Å². The number of carbonyl (C=O) groups excluding carboxylic acids is 2. The topological polar surface area (TPSA) is 40.6 Å². The monoisotopic (exact) mass is 366 g/mol. The van der Waals surface area contributed by atoms with Crippen LogP contribution in [0.25, 0.3) is 0 Å². The summed E-state index contributed by atoms with van der Waals surface area (Å²) >= 11 is 0. The Balaban J connectivity index is 1.50. The molecule has 2 fully saturated rings. The van der Waals surface area contributed by atoms with Gasteiger partial charge in [0.05, 0.1) is 12.0 Å². The lowest BCUT2D eigenvalue weighted by atomic mass is 10.0. The molecule has 0 aromatic heterocycles. The zero-order valence-corrected chi connectivity index (χ0v) is 15.4. The van der Waals surface area contributed by atoms with Gasteiger partial charge in [-0.2, -0.15) is 0 Å². The second kappa shape index (κ2) is 7.14. The number of rotatable bonds is 3. The molecule has 5 heteroatoms. The number of carbonyl (C=O) groups is 2. The van der Waals surface area contributed by atoms with Gasteiger partial charge in [-0.3, -0.25) is 9.59 Å². The standard InChI is InChI=1S/C22H23FN2O2/c1-15-4-10-19(11-5-15)25-14-17(13-21(25)26)22(27)24-12-2-3-20(24)16-6-8-18(23)9-7-16/h4-11,17,20H,2-3,12-14H2,1H3. The molecule has 4 nitrogen and oxygen atoms in total. The van der Waals surface area contributed by atoms with E-state index in [-0.39, 0.29) is 36.0 Å². The van der Waals surface area contributed by atoms with E-state index in [1.807, 2.05) is 36.1 Å². The molecule has 0 bridgehead atoms. The van der Waals surface area contributed by atoms with Crippen LogP contribution in [-0.4, -0.2) is 29.8 Å². The molecule has 0 spiro atoms. The maximum Gasteiger partial charge on any atom is 0.228 e. The van der Waals surface area contributed by atoms with E-state index in [9.17, 15) is 14.0 Å². The summed E-state index contributed by atoms with van der Waals surface area (Å²) in [7, 11) is 0. The number of benzene rings is 2. The normalized spacial score (nSPS) is 22.5. The third-order valence-electron chi connectivity index (χ3n) is 5.61. The minimum absolute atomic E-state index is 0.00488. The number of likely N-dealkylation sites (tertiary alicyclic amines) is 1. The van der Waals surface area contributed by atoms with Crippen LogP contribution < -0.4 is 4.90 Å². The van der Waals surface area contributed by atoms with Crippen LogP contribution in [0.2, 0.25) is 0 Å². The van der Waals surface area contributed by atoms with Gasteiger partial charge in [0.1, 0.15) is 5.82 Å². The third kappa shape index (κ3) is 3.46. The second-order valence-electron chi connectivity index (χ2n) is 7.48. The Kier molecular flexibility index (Phi) is 4.68. The van der Waals surface area contributed by atoms with Crippen molar-refractivity contribution < 1.29 is 14.0 Å². The Hall–Kier alpha value is -2.69. The van der Waals surface area contributed by atoms with Crippen molar-refractivity contribution >= 4 is 17.5 Å². The number of nitrogens with zero attached hydrogens (tertiary/aromatic N) is 2. The van der Waals surface area contributed by atoms with Crippen LogP contribution in [-0.2, 0) is 9.59 Å². The predicted molar refractivity (Wildman–Crippen MR) is 102 cm³/mol.